The number of amides is 1. The van der Waals surface area contributed by atoms with E-state index in [2.05, 4.69) is 10.4 Å². The lowest BCUT2D eigenvalue weighted by molar-refractivity contribution is 0.101. The summed E-state index contributed by atoms with van der Waals surface area (Å²) in [5.74, 6) is -0.314. The molecule has 1 N–H and O–H groups in total. The molecule has 0 aliphatic rings. The number of aryl methyl sites for hydroxylation is 1. The van der Waals surface area contributed by atoms with Gasteiger partial charge in [0, 0.05) is 17.8 Å². The molecule has 4 nitrogen and oxygen atoms in total. The van der Waals surface area contributed by atoms with E-state index in [4.69, 9.17) is 23.2 Å². The first-order valence-electron chi connectivity index (χ1n) is 5.24. The second-order valence-electron chi connectivity index (χ2n) is 3.83. The third kappa shape index (κ3) is 2.35. The summed E-state index contributed by atoms with van der Waals surface area (Å²) >= 11 is 11.9. The Labute approximate surface area is 115 Å². The van der Waals surface area contributed by atoms with Crippen LogP contribution in [0.4, 0.5) is 5.69 Å². The first kappa shape index (κ1) is 12.9. The number of hydrogen-bond donors (Lipinski definition) is 1. The maximum absolute atomic E-state index is 12.1. The van der Waals surface area contributed by atoms with E-state index in [1.165, 1.54) is 10.9 Å². The Morgan fingerprint density at radius 2 is 2.06 bits per heavy atom. The Morgan fingerprint density at radius 3 is 2.67 bits per heavy atom. The van der Waals surface area contributed by atoms with Gasteiger partial charge in [0.25, 0.3) is 5.91 Å². The van der Waals surface area contributed by atoms with Gasteiger partial charge in [-0.3, -0.25) is 9.48 Å². The van der Waals surface area contributed by atoms with Crippen molar-refractivity contribution in [3.8, 4) is 0 Å². The SMILES string of the molecule is Cc1c(Cl)cccc1NC(=O)c1c(Cl)cnn1C. The summed E-state index contributed by atoms with van der Waals surface area (Å²) in [6.45, 7) is 1.84. The molecule has 0 saturated carbocycles. The predicted octanol–water partition coefficient (Wildman–Crippen LogP) is 3.29. The third-order valence-corrected chi connectivity index (χ3v) is 3.31. The molecule has 6 heteroatoms. The fourth-order valence-electron chi connectivity index (χ4n) is 1.59. The number of carbonyl (C=O) groups is 1. The van der Waals surface area contributed by atoms with E-state index in [1.54, 1.807) is 25.2 Å². The number of nitrogens with zero attached hydrogens (tertiary/aromatic N) is 2. The van der Waals surface area contributed by atoms with Gasteiger partial charge >= 0.3 is 0 Å². The minimum Gasteiger partial charge on any atom is -0.320 e. The lowest BCUT2D eigenvalue weighted by Gasteiger charge is -2.09. The Balaban J connectivity index is 2.30. The number of benzene rings is 1. The zero-order valence-electron chi connectivity index (χ0n) is 9.87. The van der Waals surface area contributed by atoms with Gasteiger partial charge in [0.2, 0.25) is 0 Å². The molecule has 2 rings (SSSR count). The minimum atomic E-state index is -0.314. The zero-order valence-corrected chi connectivity index (χ0v) is 11.4. The summed E-state index contributed by atoms with van der Waals surface area (Å²) in [5.41, 5.74) is 1.78. The van der Waals surface area contributed by atoms with Gasteiger partial charge in [0.05, 0.1) is 11.2 Å². The largest absolute Gasteiger partial charge is 0.320 e. The number of anilines is 1. The molecular formula is C12H11Cl2N3O. The highest BCUT2D eigenvalue weighted by Crippen LogP contribution is 2.24. The number of aromatic nitrogens is 2. The van der Waals surface area contributed by atoms with Crippen LogP contribution in [0, 0.1) is 6.92 Å². The van der Waals surface area contributed by atoms with Gasteiger partial charge in [-0.05, 0) is 24.6 Å². The van der Waals surface area contributed by atoms with Crippen LogP contribution in [0.2, 0.25) is 10.0 Å². The van der Waals surface area contributed by atoms with Gasteiger partial charge in [-0.1, -0.05) is 29.3 Å². The molecule has 0 radical (unpaired) electrons. The fraction of sp³-hybridized carbons (Fsp3) is 0.167. The number of carbonyl (C=O) groups excluding carboxylic acids is 1. The van der Waals surface area contributed by atoms with Crippen molar-refractivity contribution < 1.29 is 4.79 Å². The second-order valence-corrected chi connectivity index (χ2v) is 4.65. The lowest BCUT2D eigenvalue weighted by atomic mass is 10.2. The average Bonchev–Trinajstić information content (AvgIpc) is 2.65. The normalized spacial score (nSPS) is 10.4. The summed E-state index contributed by atoms with van der Waals surface area (Å²) < 4.78 is 1.43. The molecule has 18 heavy (non-hydrogen) atoms. The topological polar surface area (TPSA) is 46.9 Å². The standard InChI is InChI=1S/C12H11Cl2N3O/c1-7-8(13)4-3-5-10(7)16-12(18)11-9(14)6-15-17(11)2/h3-6H,1-2H3,(H,16,18). The van der Waals surface area contributed by atoms with Crippen molar-refractivity contribution in [3.63, 3.8) is 0 Å². The molecule has 1 amide bonds. The van der Waals surface area contributed by atoms with E-state index in [9.17, 15) is 4.79 Å². The zero-order chi connectivity index (χ0) is 13.3. The molecular weight excluding hydrogens is 273 g/mol. The fourth-order valence-corrected chi connectivity index (χ4v) is 2.02. The molecule has 0 aliphatic carbocycles. The average molecular weight is 284 g/mol. The molecule has 0 bridgehead atoms. The van der Waals surface area contributed by atoms with E-state index in [0.29, 0.717) is 21.4 Å². The van der Waals surface area contributed by atoms with Crippen LogP contribution < -0.4 is 5.32 Å². The van der Waals surface area contributed by atoms with Gasteiger partial charge in [-0.2, -0.15) is 5.10 Å². The molecule has 0 unspecified atom stereocenters. The van der Waals surface area contributed by atoms with Crippen molar-refractivity contribution in [2.75, 3.05) is 5.32 Å². The number of halogens is 2. The third-order valence-electron chi connectivity index (χ3n) is 2.63. The molecule has 1 aromatic carbocycles. The van der Waals surface area contributed by atoms with Crippen LogP contribution in [0.25, 0.3) is 0 Å². The van der Waals surface area contributed by atoms with Crippen molar-refractivity contribution in [2.24, 2.45) is 7.05 Å². The van der Waals surface area contributed by atoms with Crippen LogP contribution in [0.3, 0.4) is 0 Å². The summed E-state index contributed by atoms with van der Waals surface area (Å²) in [7, 11) is 1.66. The van der Waals surface area contributed by atoms with E-state index in [1.807, 2.05) is 6.92 Å². The van der Waals surface area contributed by atoms with Crippen LogP contribution >= 0.6 is 23.2 Å². The highest BCUT2D eigenvalue weighted by molar-refractivity contribution is 6.34. The monoisotopic (exact) mass is 283 g/mol. The van der Waals surface area contributed by atoms with Gasteiger partial charge in [0.1, 0.15) is 5.69 Å². The first-order chi connectivity index (χ1) is 8.50. The van der Waals surface area contributed by atoms with E-state index in [0.717, 1.165) is 5.56 Å². The first-order valence-corrected chi connectivity index (χ1v) is 6.00. The lowest BCUT2D eigenvalue weighted by Crippen LogP contribution is -2.17. The van der Waals surface area contributed by atoms with Crippen LogP contribution in [0.5, 0.6) is 0 Å². The number of nitrogens with one attached hydrogen (secondary N) is 1. The molecule has 0 fully saturated rings. The van der Waals surface area contributed by atoms with Gasteiger partial charge < -0.3 is 5.32 Å². The van der Waals surface area contributed by atoms with Gasteiger partial charge in [-0.25, -0.2) is 0 Å². The van der Waals surface area contributed by atoms with Crippen molar-refractivity contribution in [3.05, 3.63) is 45.7 Å². The smallest absolute Gasteiger partial charge is 0.275 e. The molecule has 0 aliphatic heterocycles. The Bertz CT molecular complexity index is 588. The van der Waals surface area contributed by atoms with Crippen molar-refractivity contribution in [2.45, 2.75) is 6.92 Å². The maximum atomic E-state index is 12.1. The van der Waals surface area contributed by atoms with Crippen LogP contribution in [0.15, 0.2) is 24.4 Å². The van der Waals surface area contributed by atoms with Crippen LogP contribution in [-0.2, 0) is 7.05 Å². The summed E-state index contributed by atoms with van der Waals surface area (Å²) in [4.78, 5) is 12.1. The molecule has 94 valence electrons. The van der Waals surface area contributed by atoms with Crippen LogP contribution in [-0.4, -0.2) is 15.7 Å². The predicted molar refractivity (Wildman–Crippen MR) is 72.4 cm³/mol. The van der Waals surface area contributed by atoms with Gasteiger partial charge in [-0.15, -0.1) is 0 Å². The molecule has 0 atom stereocenters. The molecule has 0 saturated heterocycles. The van der Waals surface area contributed by atoms with Crippen molar-refractivity contribution >= 4 is 34.8 Å². The summed E-state index contributed by atoms with van der Waals surface area (Å²) in [5, 5.41) is 7.60. The van der Waals surface area contributed by atoms with Crippen molar-refractivity contribution in [1.82, 2.24) is 9.78 Å². The summed E-state index contributed by atoms with van der Waals surface area (Å²) in [6.07, 6.45) is 1.43. The molecule has 2 aromatic rings. The van der Waals surface area contributed by atoms with E-state index >= 15 is 0 Å². The highest BCUT2D eigenvalue weighted by Gasteiger charge is 2.16. The van der Waals surface area contributed by atoms with E-state index < -0.39 is 0 Å². The summed E-state index contributed by atoms with van der Waals surface area (Å²) in [6, 6.07) is 5.32. The van der Waals surface area contributed by atoms with E-state index in [-0.39, 0.29) is 5.91 Å². The highest BCUT2D eigenvalue weighted by atomic mass is 35.5. The second kappa shape index (κ2) is 5.00. The maximum Gasteiger partial charge on any atom is 0.275 e. The molecule has 1 aromatic heterocycles. The Hall–Kier alpha value is -1.52. The van der Waals surface area contributed by atoms with Crippen LogP contribution in [0.1, 0.15) is 16.1 Å². The molecule has 0 spiro atoms. The number of rotatable bonds is 2. The molecule has 1 heterocycles. The Morgan fingerprint density at radius 1 is 1.33 bits per heavy atom. The van der Waals surface area contributed by atoms with Crippen molar-refractivity contribution in [1.29, 1.82) is 0 Å². The number of hydrogen-bond acceptors (Lipinski definition) is 2. The minimum absolute atomic E-state index is 0.314. The quantitative estimate of drug-likeness (QED) is 0.919. The Kier molecular flexibility index (Phi) is 3.59. The van der Waals surface area contributed by atoms with Gasteiger partial charge in [0.15, 0.2) is 0 Å².